The highest BCUT2D eigenvalue weighted by Gasteiger charge is 2.21. The van der Waals surface area contributed by atoms with Crippen LogP contribution in [0.25, 0.3) is 11.0 Å². The summed E-state index contributed by atoms with van der Waals surface area (Å²) in [6, 6.07) is 12.1. The third-order valence-electron chi connectivity index (χ3n) is 4.60. The van der Waals surface area contributed by atoms with Crippen LogP contribution in [-0.2, 0) is 13.0 Å². The Balaban J connectivity index is 1.42. The number of benzene rings is 2. The first-order chi connectivity index (χ1) is 12.2. The number of urea groups is 1. The molecule has 0 aliphatic heterocycles. The van der Waals surface area contributed by atoms with Gasteiger partial charge in [0, 0.05) is 5.39 Å². The van der Waals surface area contributed by atoms with E-state index in [1.165, 1.54) is 29.3 Å². The summed E-state index contributed by atoms with van der Waals surface area (Å²) < 4.78 is 18.5. The number of nitrogens with one attached hydrogen (secondary N) is 2. The lowest BCUT2D eigenvalue weighted by atomic mass is 9.88. The average Bonchev–Trinajstić information content (AvgIpc) is 3.02. The summed E-state index contributed by atoms with van der Waals surface area (Å²) in [6.45, 7) is 0.177. The molecule has 0 bridgehead atoms. The van der Waals surface area contributed by atoms with Crippen LogP contribution >= 0.6 is 0 Å². The standard InChI is InChI=1S/C19H18FN3O2/c20-13-8-9-18-15(10-13)17(23-25-18)11-21-19(24)22-16-7-3-5-12-4-1-2-6-14(12)16/h1-2,4,6,8-10,16H,3,5,7,11H2,(H2,21,22,24)/t16-/m1/s1. The van der Waals surface area contributed by atoms with E-state index in [0.29, 0.717) is 16.7 Å². The summed E-state index contributed by atoms with van der Waals surface area (Å²) in [4.78, 5) is 12.3. The van der Waals surface area contributed by atoms with Crippen LogP contribution in [0.2, 0.25) is 0 Å². The largest absolute Gasteiger partial charge is 0.356 e. The molecule has 6 heteroatoms. The Bertz CT molecular complexity index is 922. The van der Waals surface area contributed by atoms with E-state index in [1.807, 2.05) is 12.1 Å². The molecule has 0 spiro atoms. The second-order valence-corrected chi connectivity index (χ2v) is 6.24. The number of carbonyl (C=O) groups excluding carboxylic acids is 1. The van der Waals surface area contributed by atoms with Crippen LogP contribution in [0, 0.1) is 5.82 Å². The molecule has 4 rings (SSSR count). The smallest absolute Gasteiger partial charge is 0.315 e. The quantitative estimate of drug-likeness (QED) is 0.762. The van der Waals surface area contributed by atoms with Crippen LogP contribution in [0.5, 0.6) is 0 Å². The van der Waals surface area contributed by atoms with E-state index < -0.39 is 0 Å². The molecule has 0 saturated heterocycles. The zero-order valence-corrected chi connectivity index (χ0v) is 13.6. The normalized spacial score (nSPS) is 16.4. The highest BCUT2D eigenvalue weighted by atomic mass is 19.1. The van der Waals surface area contributed by atoms with Crippen LogP contribution in [0.15, 0.2) is 47.0 Å². The lowest BCUT2D eigenvalue weighted by molar-refractivity contribution is 0.235. The van der Waals surface area contributed by atoms with Crippen molar-refractivity contribution in [3.05, 3.63) is 65.1 Å². The number of amides is 2. The second kappa shape index (κ2) is 6.55. The Labute approximate surface area is 144 Å². The molecule has 25 heavy (non-hydrogen) atoms. The number of aryl methyl sites for hydroxylation is 1. The van der Waals surface area contributed by atoms with E-state index >= 15 is 0 Å². The van der Waals surface area contributed by atoms with Gasteiger partial charge in [0.25, 0.3) is 0 Å². The average molecular weight is 339 g/mol. The van der Waals surface area contributed by atoms with Gasteiger partial charge in [0.15, 0.2) is 5.58 Å². The minimum absolute atomic E-state index is 0.0106. The highest BCUT2D eigenvalue weighted by molar-refractivity contribution is 5.80. The van der Waals surface area contributed by atoms with Gasteiger partial charge < -0.3 is 15.2 Å². The molecule has 3 aromatic rings. The monoisotopic (exact) mass is 339 g/mol. The van der Waals surface area contributed by atoms with Crippen LogP contribution in [0.1, 0.15) is 35.7 Å². The van der Waals surface area contributed by atoms with Crippen molar-refractivity contribution < 1.29 is 13.7 Å². The third kappa shape index (κ3) is 3.20. The maximum atomic E-state index is 13.4. The maximum absolute atomic E-state index is 13.4. The van der Waals surface area contributed by atoms with Gasteiger partial charge in [-0.2, -0.15) is 0 Å². The van der Waals surface area contributed by atoms with E-state index in [1.54, 1.807) is 0 Å². The molecule has 2 amide bonds. The number of aromatic nitrogens is 1. The van der Waals surface area contributed by atoms with Gasteiger partial charge in [-0.15, -0.1) is 0 Å². The first-order valence-corrected chi connectivity index (χ1v) is 8.37. The van der Waals surface area contributed by atoms with Gasteiger partial charge in [0.2, 0.25) is 0 Å². The summed E-state index contributed by atoms with van der Waals surface area (Å²) in [7, 11) is 0. The van der Waals surface area contributed by atoms with Gasteiger partial charge in [-0.3, -0.25) is 0 Å². The van der Waals surface area contributed by atoms with Crippen LogP contribution < -0.4 is 10.6 Å². The summed E-state index contributed by atoms with van der Waals surface area (Å²) in [5, 5.41) is 10.3. The number of nitrogens with zero attached hydrogens (tertiary/aromatic N) is 1. The molecule has 1 aliphatic carbocycles. The second-order valence-electron chi connectivity index (χ2n) is 6.24. The molecule has 0 fully saturated rings. The van der Waals surface area contributed by atoms with Crippen LogP contribution in [-0.4, -0.2) is 11.2 Å². The summed E-state index contributed by atoms with van der Waals surface area (Å²) in [5.74, 6) is -0.361. The highest BCUT2D eigenvalue weighted by Crippen LogP contribution is 2.29. The minimum Gasteiger partial charge on any atom is -0.356 e. The predicted molar refractivity (Wildman–Crippen MR) is 91.5 cm³/mol. The Morgan fingerprint density at radius 1 is 1.28 bits per heavy atom. The molecule has 0 unspecified atom stereocenters. The van der Waals surface area contributed by atoms with E-state index in [0.717, 1.165) is 19.3 Å². The number of halogens is 1. The fraction of sp³-hybridized carbons (Fsp3) is 0.263. The molecule has 0 saturated carbocycles. The molecule has 1 atom stereocenters. The summed E-state index contributed by atoms with van der Waals surface area (Å²) >= 11 is 0. The molecule has 1 aromatic heterocycles. The van der Waals surface area contributed by atoms with Crippen molar-refractivity contribution >= 4 is 17.0 Å². The van der Waals surface area contributed by atoms with E-state index in [-0.39, 0.29) is 24.4 Å². The minimum atomic E-state index is -0.361. The Kier molecular flexibility index (Phi) is 4.09. The molecule has 2 N–H and O–H groups in total. The SMILES string of the molecule is O=C(NCc1noc2ccc(F)cc12)N[C@@H]1CCCc2ccccc21. The molecule has 0 radical (unpaired) electrons. The molecule has 128 valence electrons. The molecule has 5 nitrogen and oxygen atoms in total. The zero-order chi connectivity index (χ0) is 17.2. The molecule has 1 heterocycles. The predicted octanol–water partition coefficient (Wildman–Crippen LogP) is 3.84. The Morgan fingerprint density at radius 2 is 2.16 bits per heavy atom. The van der Waals surface area contributed by atoms with Crippen LogP contribution in [0.4, 0.5) is 9.18 Å². The summed E-state index contributed by atoms with van der Waals surface area (Å²) in [6.07, 6.45) is 3.02. The van der Waals surface area contributed by atoms with E-state index in [9.17, 15) is 9.18 Å². The van der Waals surface area contributed by atoms with Crippen LogP contribution in [0.3, 0.4) is 0 Å². The van der Waals surface area contributed by atoms with Crippen molar-refractivity contribution in [1.29, 1.82) is 0 Å². The number of carbonyl (C=O) groups is 1. The first-order valence-electron chi connectivity index (χ1n) is 8.37. The third-order valence-corrected chi connectivity index (χ3v) is 4.60. The first kappa shape index (κ1) is 15.6. The fourth-order valence-electron chi connectivity index (χ4n) is 3.37. The van der Waals surface area contributed by atoms with Crippen molar-refractivity contribution in [2.75, 3.05) is 0 Å². The fourth-order valence-corrected chi connectivity index (χ4v) is 3.37. The van der Waals surface area contributed by atoms with Crippen molar-refractivity contribution in [3.8, 4) is 0 Å². The van der Waals surface area contributed by atoms with Crippen molar-refractivity contribution in [3.63, 3.8) is 0 Å². The van der Waals surface area contributed by atoms with Gasteiger partial charge in [-0.05, 0) is 48.6 Å². The Morgan fingerprint density at radius 3 is 3.08 bits per heavy atom. The van der Waals surface area contributed by atoms with Gasteiger partial charge in [0.05, 0.1) is 12.6 Å². The molecule has 2 aromatic carbocycles. The number of hydrogen-bond donors (Lipinski definition) is 2. The van der Waals surface area contributed by atoms with Gasteiger partial charge >= 0.3 is 6.03 Å². The van der Waals surface area contributed by atoms with E-state index in [2.05, 4.69) is 27.9 Å². The molecular formula is C19H18FN3O2. The maximum Gasteiger partial charge on any atom is 0.315 e. The van der Waals surface area contributed by atoms with Crippen molar-refractivity contribution in [2.45, 2.75) is 31.8 Å². The molecular weight excluding hydrogens is 321 g/mol. The number of rotatable bonds is 3. The Hall–Kier alpha value is -2.89. The number of hydrogen-bond acceptors (Lipinski definition) is 3. The summed E-state index contributed by atoms with van der Waals surface area (Å²) in [5.41, 5.74) is 3.48. The van der Waals surface area contributed by atoms with Gasteiger partial charge in [-0.25, -0.2) is 9.18 Å². The lowest BCUT2D eigenvalue weighted by Gasteiger charge is -2.26. The zero-order valence-electron chi connectivity index (χ0n) is 13.6. The van der Waals surface area contributed by atoms with Crippen molar-refractivity contribution in [1.82, 2.24) is 15.8 Å². The van der Waals surface area contributed by atoms with E-state index in [4.69, 9.17) is 4.52 Å². The molecule has 1 aliphatic rings. The number of fused-ring (bicyclic) bond motifs is 2. The van der Waals surface area contributed by atoms with Gasteiger partial charge in [0.1, 0.15) is 11.5 Å². The topological polar surface area (TPSA) is 67.2 Å². The lowest BCUT2D eigenvalue weighted by Crippen LogP contribution is -2.38. The van der Waals surface area contributed by atoms with Crippen molar-refractivity contribution in [2.24, 2.45) is 0 Å². The van der Waals surface area contributed by atoms with Gasteiger partial charge in [-0.1, -0.05) is 29.4 Å².